The van der Waals surface area contributed by atoms with Gasteiger partial charge in [-0.25, -0.2) is 0 Å². The van der Waals surface area contributed by atoms with Crippen LogP contribution in [-0.4, -0.2) is 11.0 Å². The highest BCUT2D eigenvalue weighted by Crippen LogP contribution is 2.24. The Labute approximate surface area is 101 Å². The lowest BCUT2D eigenvalue weighted by molar-refractivity contribution is 0.317. The molecule has 2 N–H and O–H groups in total. The molecule has 0 spiro atoms. The van der Waals surface area contributed by atoms with Gasteiger partial charge in [0.1, 0.15) is 0 Å². The fourth-order valence-corrected chi connectivity index (χ4v) is 1.56. The second kappa shape index (κ2) is 4.69. The lowest BCUT2D eigenvalue weighted by Crippen LogP contribution is -2.37. The van der Waals surface area contributed by atoms with Crippen molar-refractivity contribution in [1.29, 1.82) is 0 Å². The molecule has 0 bridgehead atoms. The first kappa shape index (κ1) is 12.8. The van der Waals surface area contributed by atoms with Crippen molar-refractivity contribution in [2.24, 2.45) is 11.1 Å². The second-order valence-corrected chi connectivity index (χ2v) is 5.60. The molecule has 1 unspecified atom stereocenters. The van der Waals surface area contributed by atoms with Gasteiger partial charge in [0.25, 0.3) is 0 Å². The minimum absolute atomic E-state index is 0.0312. The monoisotopic (exact) mass is 246 g/mol. The summed E-state index contributed by atoms with van der Waals surface area (Å²) in [4.78, 5) is 4.19. The number of halogens is 2. The Morgan fingerprint density at radius 3 is 2.47 bits per heavy atom. The molecular formula is C11H16Cl2N2. The number of aromatic nitrogens is 1. The molecule has 0 saturated carbocycles. The van der Waals surface area contributed by atoms with Gasteiger partial charge < -0.3 is 5.73 Å². The van der Waals surface area contributed by atoms with Crippen LogP contribution in [-0.2, 0) is 6.42 Å². The summed E-state index contributed by atoms with van der Waals surface area (Å²) >= 11 is 11.8. The molecule has 1 heterocycles. The first-order valence-corrected chi connectivity index (χ1v) is 5.62. The number of rotatable bonds is 2. The maximum absolute atomic E-state index is 6.06. The van der Waals surface area contributed by atoms with E-state index in [0.717, 1.165) is 5.69 Å². The Bertz CT molecular complexity index is 345. The molecule has 15 heavy (non-hydrogen) atoms. The van der Waals surface area contributed by atoms with Gasteiger partial charge in [0.2, 0.25) is 0 Å². The van der Waals surface area contributed by atoms with E-state index in [1.807, 2.05) is 0 Å². The number of hydrogen-bond donors (Lipinski definition) is 1. The van der Waals surface area contributed by atoms with Gasteiger partial charge in [0, 0.05) is 18.7 Å². The molecular weight excluding hydrogens is 231 g/mol. The minimum Gasteiger partial charge on any atom is -0.327 e. The molecule has 0 amide bonds. The van der Waals surface area contributed by atoms with Crippen LogP contribution in [0.5, 0.6) is 0 Å². The van der Waals surface area contributed by atoms with Crippen molar-refractivity contribution in [2.45, 2.75) is 33.2 Å². The van der Waals surface area contributed by atoms with E-state index < -0.39 is 0 Å². The summed E-state index contributed by atoms with van der Waals surface area (Å²) in [6, 6.07) is 1.73. The molecule has 0 radical (unpaired) electrons. The molecule has 1 atom stereocenters. The predicted molar refractivity (Wildman–Crippen MR) is 65.4 cm³/mol. The van der Waals surface area contributed by atoms with Crippen molar-refractivity contribution in [1.82, 2.24) is 4.98 Å². The normalized spacial score (nSPS) is 14.0. The zero-order chi connectivity index (χ0) is 11.6. The van der Waals surface area contributed by atoms with Crippen LogP contribution in [0.4, 0.5) is 0 Å². The van der Waals surface area contributed by atoms with Crippen molar-refractivity contribution in [2.75, 3.05) is 0 Å². The Morgan fingerprint density at radius 2 is 2.00 bits per heavy atom. The van der Waals surface area contributed by atoms with Crippen LogP contribution in [0, 0.1) is 5.41 Å². The third-order valence-electron chi connectivity index (χ3n) is 2.41. The van der Waals surface area contributed by atoms with Crippen LogP contribution in [0.3, 0.4) is 0 Å². The summed E-state index contributed by atoms with van der Waals surface area (Å²) in [7, 11) is 0. The van der Waals surface area contributed by atoms with Crippen LogP contribution in [0.1, 0.15) is 26.5 Å². The largest absolute Gasteiger partial charge is 0.327 e. The summed E-state index contributed by atoms with van der Waals surface area (Å²) in [6.07, 6.45) is 2.26. The van der Waals surface area contributed by atoms with Crippen molar-refractivity contribution >= 4 is 23.2 Å². The zero-order valence-corrected chi connectivity index (χ0v) is 10.7. The van der Waals surface area contributed by atoms with E-state index in [2.05, 4.69) is 25.8 Å². The van der Waals surface area contributed by atoms with Gasteiger partial charge >= 0.3 is 0 Å². The molecule has 4 heteroatoms. The molecule has 1 aromatic rings. The molecule has 84 valence electrons. The number of hydrogen-bond acceptors (Lipinski definition) is 2. The van der Waals surface area contributed by atoms with Crippen molar-refractivity contribution in [3.8, 4) is 0 Å². The van der Waals surface area contributed by atoms with E-state index in [0.29, 0.717) is 16.5 Å². The minimum atomic E-state index is 0.0312. The number of pyridine rings is 1. The smallest absolute Gasteiger partial charge is 0.0636 e. The highest BCUT2D eigenvalue weighted by molar-refractivity contribution is 6.34. The Kier molecular flexibility index (Phi) is 3.99. The molecule has 0 fully saturated rings. The highest BCUT2D eigenvalue weighted by atomic mass is 35.5. The van der Waals surface area contributed by atoms with Crippen LogP contribution in [0.15, 0.2) is 12.3 Å². The average Bonchev–Trinajstić information content (AvgIpc) is 2.08. The van der Waals surface area contributed by atoms with E-state index in [9.17, 15) is 0 Å². The van der Waals surface area contributed by atoms with Gasteiger partial charge in [-0.05, 0) is 11.5 Å². The van der Waals surface area contributed by atoms with Crippen LogP contribution < -0.4 is 5.73 Å². The summed E-state index contributed by atoms with van der Waals surface area (Å²) < 4.78 is 0. The Morgan fingerprint density at radius 1 is 1.40 bits per heavy atom. The highest BCUT2D eigenvalue weighted by Gasteiger charge is 2.22. The van der Waals surface area contributed by atoms with Crippen LogP contribution >= 0.6 is 23.2 Å². The quantitative estimate of drug-likeness (QED) is 0.870. The van der Waals surface area contributed by atoms with Crippen molar-refractivity contribution in [3.05, 3.63) is 28.0 Å². The van der Waals surface area contributed by atoms with Gasteiger partial charge in [-0.3, -0.25) is 4.98 Å². The lowest BCUT2D eigenvalue weighted by Gasteiger charge is -2.26. The van der Waals surface area contributed by atoms with E-state index in [1.54, 1.807) is 12.3 Å². The fraction of sp³-hybridized carbons (Fsp3) is 0.545. The predicted octanol–water partition coefficient (Wildman–Crippen LogP) is 3.30. The molecule has 0 aliphatic carbocycles. The Hall–Kier alpha value is -0.310. The molecule has 1 aromatic heterocycles. The molecule has 0 aliphatic rings. The van der Waals surface area contributed by atoms with E-state index in [-0.39, 0.29) is 11.5 Å². The maximum atomic E-state index is 6.06. The number of nitrogens with zero attached hydrogens (tertiary/aromatic N) is 1. The third kappa shape index (κ3) is 3.63. The Balaban J connectivity index is 2.82. The van der Waals surface area contributed by atoms with Crippen molar-refractivity contribution in [3.63, 3.8) is 0 Å². The topological polar surface area (TPSA) is 38.9 Å². The summed E-state index contributed by atoms with van der Waals surface area (Å²) in [5, 5.41) is 1.13. The first-order chi connectivity index (χ1) is 6.80. The SMILES string of the molecule is CC(C)(C)C(N)Cc1ncc(Cl)cc1Cl. The van der Waals surface area contributed by atoms with Gasteiger partial charge in [-0.1, -0.05) is 44.0 Å². The number of nitrogens with two attached hydrogens (primary N) is 1. The maximum Gasteiger partial charge on any atom is 0.0636 e. The lowest BCUT2D eigenvalue weighted by atomic mass is 9.85. The molecule has 2 nitrogen and oxygen atoms in total. The van der Waals surface area contributed by atoms with Gasteiger partial charge in [0.05, 0.1) is 15.7 Å². The van der Waals surface area contributed by atoms with E-state index in [4.69, 9.17) is 28.9 Å². The van der Waals surface area contributed by atoms with Gasteiger partial charge in [-0.2, -0.15) is 0 Å². The standard InChI is InChI=1S/C11H16Cl2N2/c1-11(2,3)10(14)5-9-8(13)4-7(12)6-15-9/h4,6,10H,5,14H2,1-3H3. The average molecular weight is 247 g/mol. The van der Waals surface area contributed by atoms with Gasteiger partial charge in [-0.15, -0.1) is 0 Å². The van der Waals surface area contributed by atoms with Crippen LogP contribution in [0.25, 0.3) is 0 Å². The molecule has 0 saturated heterocycles. The molecule has 1 rings (SSSR count). The molecule has 0 aromatic carbocycles. The van der Waals surface area contributed by atoms with Gasteiger partial charge in [0.15, 0.2) is 0 Å². The van der Waals surface area contributed by atoms with Crippen molar-refractivity contribution < 1.29 is 0 Å². The van der Waals surface area contributed by atoms with E-state index in [1.165, 1.54) is 0 Å². The molecule has 0 aliphatic heterocycles. The van der Waals surface area contributed by atoms with E-state index >= 15 is 0 Å². The summed E-state index contributed by atoms with van der Waals surface area (Å²) in [6.45, 7) is 6.30. The summed E-state index contributed by atoms with van der Waals surface area (Å²) in [5.41, 5.74) is 6.91. The third-order valence-corrected chi connectivity index (χ3v) is 2.94. The zero-order valence-electron chi connectivity index (χ0n) is 9.22. The fourth-order valence-electron chi connectivity index (χ4n) is 1.11. The summed E-state index contributed by atoms with van der Waals surface area (Å²) in [5.74, 6) is 0. The second-order valence-electron chi connectivity index (χ2n) is 4.76. The first-order valence-electron chi connectivity index (χ1n) is 4.86. The van der Waals surface area contributed by atoms with Crippen LogP contribution in [0.2, 0.25) is 10.0 Å².